The van der Waals surface area contributed by atoms with Gasteiger partial charge in [0.25, 0.3) is 0 Å². The van der Waals surface area contributed by atoms with Crippen LogP contribution in [0.3, 0.4) is 0 Å². The molecule has 2 saturated heterocycles. The normalized spacial score (nSPS) is 26.3. The van der Waals surface area contributed by atoms with E-state index in [-0.39, 0.29) is 11.7 Å². The minimum Gasteiger partial charge on any atom is -0.341 e. The number of amides is 1. The number of hydrogen-bond acceptors (Lipinski definition) is 2. The van der Waals surface area contributed by atoms with Crippen molar-refractivity contribution in [3.63, 3.8) is 0 Å². The first-order valence-electron chi connectivity index (χ1n) is 6.98. The Kier molecular flexibility index (Phi) is 3.51. The van der Waals surface area contributed by atoms with Crippen LogP contribution in [0.2, 0.25) is 0 Å². The second-order valence-corrected chi connectivity index (χ2v) is 5.57. The summed E-state index contributed by atoms with van der Waals surface area (Å²) < 4.78 is 13.1. The molecular weight excluding hydrogens is 243 g/mol. The van der Waals surface area contributed by atoms with Gasteiger partial charge >= 0.3 is 0 Å². The van der Waals surface area contributed by atoms with Gasteiger partial charge in [0.2, 0.25) is 5.91 Å². The van der Waals surface area contributed by atoms with E-state index in [0.29, 0.717) is 18.4 Å². The summed E-state index contributed by atoms with van der Waals surface area (Å²) in [7, 11) is 0. The van der Waals surface area contributed by atoms with Crippen molar-refractivity contribution in [1.29, 1.82) is 0 Å². The maximum atomic E-state index is 13.1. The molecule has 0 bridgehead atoms. The maximum absolute atomic E-state index is 13.1. The fourth-order valence-corrected chi connectivity index (χ4v) is 3.18. The summed E-state index contributed by atoms with van der Waals surface area (Å²) in [5.74, 6) is 0.439. The minimum absolute atomic E-state index is 0.113. The number of halogens is 1. The van der Waals surface area contributed by atoms with Gasteiger partial charge in [-0.3, -0.25) is 4.79 Å². The van der Waals surface area contributed by atoms with Gasteiger partial charge in [-0.25, -0.2) is 4.39 Å². The molecule has 0 radical (unpaired) electrons. The van der Waals surface area contributed by atoms with Crippen LogP contribution in [0.25, 0.3) is 0 Å². The molecule has 2 heterocycles. The molecule has 3 nitrogen and oxygen atoms in total. The molecular formula is C15H19FN2O. The summed E-state index contributed by atoms with van der Waals surface area (Å²) >= 11 is 0. The zero-order valence-corrected chi connectivity index (χ0v) is 10.9. The van der Waals surface area contributed by atoms with E-state index < -0.39 is 0 Å². The first-order chi connectivity index (χ1) is 9.22. The SMILES string of the molecule is O=C(Cc1cccc(F)c1)N1CC2CCCNC2C1. The van der Waals surface area contributed by atoms with Gasteiger partial charge in [0.15, 0.2) is 0 Å². The number of carbonyl (C=O) groups is 1. The van der Waals surface area contributed by atoms with Crippen molar-refractivity contribution < 1.29 is 9.18 Å². The van der Waals surface area contributed by atoms with E-state index in [2.05, 4.69) is 5.32 Å². The van der Waals surface area contributed by atoms with Crippen LogP contribution in [0, 0.1) is 11.7 Å². The predicted octanol–water partition coefficient (Wildman–Crippen LogP) is 1.58. The third kappa shape index (κ3) is 2.78. The van der Waals surface area contributed by atoms with E-state index >= 15 is 0 Å². The number of rotatable bonds is 2. The molecule has 102 valence electrons. The van der Waals surface area contributed by atoms with Gasteiger partial charge in [-0.05, 0) is 43.0 Å². The first-order valence-corrected chi connectivity index (χ1v) is 6.98. The van der Waals surface area contributed by atoms with Gasteiger partial charge in [-0.15, -0.1) is 0 Å². The Labute approximate surface area is 112 Å². The minimum atomic E-state index is -0.276. The lowest BCUT2D eigenvalue weighted by molar-refractivity contribution is -0.129. The Morgan fingerprint density at radius 1 is 1.42 bits per heavy atom. The molecule has 4 heteroatoms. The number of benzene rings is 1. The van der Waals surface area contributed by atoms with Gasteiger partial charge in [-0.1, -0.05) is 12.1 Å². The molecule has 2 unspecified atom stereocenters. The lowest BCUT2D eigenvalue weighted by atomic mass is 9.94. The maximum Gasteiger partial charge on any atom is 0.227 e. The summed E-state index contributed by atoms with van der Waals surface area (Å²) in [6, 6.07) is 6.78. The molecule has 0 aromatic heterocycles. The first kappa shape index (κ1) is 12.6. The number of nitrogens with one attached hydrogen (secondary N) is 1. The molecule has 0 aliphatic carbocycles. The van der Waals surface area contributed by atoms with Crippen molar-refractivity contribution in [1.82, 2.24) is 10.2 Å². The Bertz CT molecular complexity index is 463. The van der Waals surface area contributed by atoms with Crippen LogP contribution >= 0.6 is 0 Å². The fraction of sp³-hybridized carbons (Fsp3) is 0.533. The van der Waals surface area contributed by atoms with Crippen LogP contribution in [-0.2, 0) is 11.2 Å². The average Bonchev–Trinajstić information content (AvgIpc) is 2.82. The van der Waals surface area contributed by atoms with Crippen LogP contribution in [0.15, 0.2) is 24.3 Å². The molecule has 1 aromatic rings. The van der Waals surface area contributed by atoms with E-state index in [1.165, 1.54) is 25.0 Å². The summed E-state index contributed by atoms with van der Waals surface area (Å²) in [6.07, 6.45) is 2.71. The second-order valence-electron chi connectivity index (χ2n) is 5.57. The largest absolute Gasteiger partial charge is 0.341 e. The third-order valence-electron chi connectivity index (χ3n) is 4.20. The van der Waals surface area contributed by atoms with E-state index in [9.17, 15) is 9.18 Å². The predicted molar refractivity (Wildman–Crippen MR) is 71.2 cm³/mol. The Balaban J connectivity index is 1.62. The van der Waals surface area contributed by atoms with Crippen LogP contribution in [0.4, 0.5) is 4.39 Å². The lowest BCUT2D eigenvalue weighted by Crippen LogP contribution is -2.41. The zero-order valence-electron chi connectivity index (χ0n) is 10.9. The highest BCUT2D eigenvalue weighted by atomic mass is 19.1. The van der Waals surface area contributed by atoms with Gasteiger partial charge in [0.05, 0.1) is 6.42 Å². The highest BCUT2D eigenvalue weighted by molar-refractivity contribution is 5.79. The number of piperidine rings is 1. The van der Waals surface area contributed by atoms with Crippen molar-refractivity contribution >= 4 is 5.91 Å². The molecule has 2 aliphatic rings. The molecule has 19 heavy (non-hydrogen) atoms. The van der Waals surface area contributed by atoms with Gasteiger partial charge in [0, 0.05) is 19.1 Å². The Morgan fingerprint density at radius 2 is 2.32 bits per heavy atom. The molecule has 0 saturated carbocycles. The van der Waals surface area contributed by atoms with Crippen LogP contribution in [-0.4, -0.2) is 36.5 Å². The van der Waals surface area contributed by atoms with Gasteiger partial charge in [-0.2, -0.15) is 0 Å². The molecule has 2 aliphatic heterocycles. The Morgan fingerprint density at radius 3 is 3.11 bits per heavy atom. The number of carbonyl (C=O) groups excluding carboxylic acids is 1. The average molecular weight is 262 g/mol. The van der Waals surface area contributed by atoms with E-state index in [4.69, 9.17) is 0 Å². The highest BCUT2D eigenvalue weighted by Gasteiger charge is 2.36. The van der Waals surface area contributed by atoms with Crippen LogP contribution < -0.4 is 5.32 Å². The summed E-state index contributed by atoms with van der Waals surface area (Å²) in [4.78, 5) is 14.2. The fourth-order valence-electron chi connectivity index (χ4n) is 3.18. The summed E-state index contributed by atoms with van der Waals surface area (Å²) in [5.41, 5.74) is 0.757. The molecule has 2 fully saturated rings. The zero-order chi connectivity index (χ0) is 13.2. The lowest BCUT2D eigenvalue weighted by Gasteiger charge is -2.24. The molecule has 3 rings (SSSR count). The van der Waals surface area contributed by atoms with E-state index in [1.54, 1.807) is 6.07 Å². The van der Waals surface area contributed by atoms with Crippen molar-refractivity contribution in [2.75, 3.05) is 19.6 Å². The number of likely N-dealkylation sites (tertiary alicyclic amines) is 1. The standard InChI is InChI=1S/C15H19FN2O/c16-13-5-1-3-11(7-13)8-15(19)18-9-12-4-2-6-17-14(12)10-18/h1,3,5,7,12,14,17H,2,4,6,8-10H2. The van der Waals surface area contributed by atoms with E-state index in [0.717, 1.165) is 25.2 Å². The van der Waals surface area contributed by atoms with Crippen molar-refractivity contribution in [3.05, 3.63) is 35.6 Å². The van der Waals surface area contributed by atoms with Crippen molar-refractivity contribution in [2.45, 2.75) is 25.3 Å². The molecule has 2 atom stereocenters. The quantitative estimate of drug-likeness (QED) is 0.877. The van der Waals surface area contributed by atoms with Crippen molar-refractivity contribution in [3.8, 4) is 0 Å². The second kappa shape index (κ2) is 5.29. The van der Waals surface area contributed by atoms with Crippen molar-refractivity contribution in [2.24, 2.45) is 5.92 Å². The van der Waals surface area contributed by atoms with Crippen LogP contribution in [0.1, 0.15) is 18.4 Å². The van der Waals surface area contributed by atoms with E-state index in [1.807, 2.05) is 11.0 Å². The monoisotopic (exact) mass is 262 g/mol. The third-order valence-corrected chi connectivity index (χ3v) is 4.20. The summed E-state index contributed by atoms with van der Waals surface area (Å²) in [5, 5.41) is 3.48. The number of fused-ring (bicyclic) bond motifs is 1. The van der Waals surface area contributed by atoms with Gasteiger partial charge < -0.3 is 10.2 Å². The smallest absolute Gasteiger partial charge is 0.227 e. The number of hydrogen-bond donors (Lipinski definition) is 1. The number of nitrogens with zero attached hydrogens (tertiary/aromatic N) is 1. The molecule has 1 N–H and O–H groups in total. The van der Waals surface area contributed by atoms with Gasteiger partial charge in [0.1, 0.15) is 5.82 Å². The topological polar surface area (TPSA) is 32.3 Å². The molecule has 0 spiro atoms. The Hall–Kier alpha value is -1.42. The highest BCUT2D eigenvalue weighted by Crippen LogP contribution is 2.25. The molecule has 1 amide bonds. The van der Waals surface area contributed by atoms with Crippen LogP contribution in [0.5, 0.6) is 0 Å². The molecule has 1 aromatic carbocycles. The summed E-state index contributed by atoms with van der Waals surface area (Å²) in [6.45, 7) is 2.72.